The Morgan fingerprint density at radius 2 is 1.79 bits per heavy atom. The lowest BCUT2D eigenvalue weighted by molar-refractivity contribution is -0.245. The molecule has 1 aliphatic heterocycles. The Bertz CT molecular complexity index is 1630. The fourth-order valence-electron chi connectivity index (χ4n) is 4.97. The number of thioether (sulfide) groups is 1. The van der Waals surface area contributed by atoms with E-state index in [0.717, 1.165) is 38.5 Å². The van der Waals surface area contributed by atoms with Crippen molar-refractivity contribution in [2.24, 2.45) is 0 Å². The van der Waals surface area contributed by atoms with Crippen molar-refractivity contribution in [3.05, 3.63) is 131 Å². The highest BCUT2D eigenvalue weighted by molar-refractivity contribution is 7.99. The van der Waals surface area contributed by atoms with Gasteiger partial charge in [0.2, 0.25) is 0 Å². The maximum atomic E-state index is 12.5. The number of nitrogens with zero attached hydrogens (tertiary/aromatic N) is 3. The number of amides is 1. The van der Waals surface area contributed by atoms with Gasteiger partial charge in [-0.15, -0.1) is 0 Å². The highest BCUT2D eigenvalue weighted by Gasteiger charge is 2.32. The summed E-state index contributed by atoms with van der Waals surface area (Å²) in [6.07, 6.45) is 4.54. The Morgan fingerprint density at radius 1 is 0.953 bits per heavy atom. The van der Waals surface area contributed by atoms with E-state index in [1.54, 1.807) is 36.3 Å². The zero-order valence-electron chi connectivity index (χ0n) is 23.3. The van der Waals surface area contributed by atoms with Gasteiger partial charge in [0.25, 0.3) is 5.91 Å². The topological polar surface area (TPSA) is 122 Å². The van der Waals surface area contributed by atoms with Crippen LogP contribution in [0.1, 0.15) is 51.4 Å². The van der Waals surface area contributed by atoms with Gasteiger partial charge in [-0.2, -0.15) is 5.10 Å². The van der Waals surface area contributed by atoms with Crippen LogP contribution in [0.15, 0.2) is 109 Å². The van der Waals surface area contributed by atoms with Crippen molar-refractivity contribution < 1.29 is 19.4 Å². The van der Waals surface area contributed by atoms with Gasteiger partial charge in [0.1, 0.15) is 6.33 Å². The SMILES string of the molecule is O=C(NCc1cccc(-c2cccc([C@@H]3O[C@H](CSc4ncn[nH]4)C[C@H](c4ccc(CO)cc4)O3)c2)c1)c1cccnc1. The monoisotopic (exact) mass is 593 g/mol. The Morgan fingerprint density at radius 3 is 2.56 bits per heavy atom. The van der Waals surface area contributed by atoms with Crippen molar-refractivity contribution >= 4 is 17.7 Å². The second-order valence-electron chi connectivity index (χ2n) is 10.2. The van der Waals surface area contributed by atoms with Crippen molar-refractivity contribution in [1.29, 1.82) is 0 Å². The van der Waals surface area contributed by atoms with Crippen molar-refractivity contribution in [3.63, 3.8) is 0 Å². The lowest BCUT2D eigenvalue weighted by Gasteiger charge is -2.36. The minimum Gasteiger partial charge on any atom is -0.392 e. The van der Waals surface area contributed by atoms with Crippen LogP contribution in [0, 0.1) is 0 Å². The number of carbonyl (C=O) groups excluding carboxylic acids is 1. The van der Waals surface area contributed by atoms with E-state index in [4.69, 9.17) is 9.47 Å². The van der Waals surface area contributed by atoms with E-state index in [0.29, 0.717) is 24.3 Å². The summed E-state index contributed by atoms with van der Waals surface area (Å²) < 4.78 is 13.0. The minimum atomic E-state index is -0.571. The van der Waals surface area contributed by atoms with E-state index in [1.165, 1.54) is 6.33 Å². The van der Waals surface area contributed by atoms with E-state index < -0.39 is 6.29 Å². The molecule has 9 nitrogen and oxygen atoms in total. The molecule has 0 unspecified atom stereocenters. The van der Waals surface area contributed by atoms with Crippen LogP contribution in [0.4, 0.5) is 0 Å². The number of ether oxygens (including phenoxy) is 2. The van der Waals surface area contributed by atoms with Gasteiger partial charge in [-0.05, 0) is 52.1 Å². The van der Waals surface area contributed by atoms with Crippen LogP contribution in [0.5, 0.6) is 0 Å². The molecular weight excluding hydrogens is 562 g/mol. The Labute approximate surface area is 253 Å². The van der Waals surface area contributed by atoms with E-state index in [9.17, 15) is 9.90 Å². The maximum Gasteiger partial charge on any atom is 0.253 e. The van der Waals surface area contributed by atoms with Crippen LogP contribution < -0.4 is 5.32 Å². The zero-order valence-corrected chi connectivity index (χ0v) is 24.1. The van der Waals surface area contributed by atoms with Gasteiger partial charge >= 0.3 is 0 Å². The van der Waals surface area contributed by atoms with Crippen LogP contribution in [-0.4, -0.2) is 43.0 Å². The summed E-state index contributed by atoms with van der Waals surface area (Å²) in [5, 5.41) is 20.0. The van der Waals surface area contributed by atoms with Gasteiger partial charge in [0.05, 0.1) is 24.4 Å². The third kappa shape index (κ3) is 7.36. The molecular formula is C33H31N5O4S. The second kappa shape index (κ2) is 13.7. The van der Waals surface area contributed by atoms with Gasteiger partial charge in [0, 0.05) is 36.7 Å². The molecule has 3 heterocycles. The normalized spacial score (nSPS) is 18.3. The molecule has 6 rings (SSSR count). The molecule has 3 atom stereocenters. The maximum absolute atomic E-state index is 12.5. The van der Waals surface area contributed by atoms with Crippen LogP contribution in [-0.2, 0) is 22.6 Å². The average molecular weight is 594 g/mol. The number of aromatic amines is 1. The van der Waals surface area contributed by atoms with Crippen LogP contribution in [0.3, 0.4) is 0 Å². The highest BCUT2D eigenvalue weighted by atomic mass is 32.2. The molecule has 0 aliphatic carbocycles. The largest absolute Gasteiger partial charge is 0.392 e. The molecule has 1 amide bonds. The number of aliphatic hydroxyl groups is 1. The number of carbonyl (C=O) groups is 1. The molecule has 0 bridgehead atoms. The van der Waals surface area contributed by atoms with Crippen LogP contribution in [0.25, 0.3) is 11.1 Å². The van der Waals surface area contributed by atoms with Gasteiger partial charge < -0.3 is 19.9 Å². The number of pyridine rings is 1. The number of hydrogen-bond acceptors (Lipinski definition) is 8. The predicted molar refractivity (Wildman–Crippen MR) is 163 cm³/mol. The molecule has 2 aromatic heterocycles. The molecule has 1 aliphatic rings. The second-order valence-corrected chi connectivity index (χ2v) is 11.2. The van der Waals surface area contributed by atoms with Gasteiger partial charge in [-0.3, -0.25) is 14.9 Å². The summed E-state index contributed by atoms with van der Waals surface area (Å²) in [5.41, 5.74) is 6.37. The molecule has 0 radical (unpaired) electrons. The first-order valence-electron chi connectivity index (χ1n) is 14.0. The standard InChI is InChI=1S/C33H31N5O4S/c39-19-22-9-11-24(12-10-22)30-16-29(20-43-33-36-21-37-38-33)41-32(42-30)27-7-2-6-26(15-27)25-5-1-4-23(14-25)17-35-31(40)28-8-3-13-34-18-28/h1-15,18,21,29-30,32,39H,16-17,19-20H2,(H,35,40)(H,36,37,38)/t29-,30+,32+/m0/s1. The summed E-state index contributed by atoms with van der Waals surface area (Å²) in [4.78, 5) is 20.7. The Kier molecular flexibility index (Phi) is 9.19. The molecule has 218 valence electrons. The summed E-state index contributed by atoms with van der Waals surface area (Å²) >= 11 is 1.56. The number of hydrogen-bond donors (Lipinski definition) is 3. The molecule has 1 saturated heterocycles. The number of aromatic nitrogens is 4. The first-order valence-corrected chi connectivity index (χ1v) is 15.0. The van der Waals surface area contributed by atoms with E-state index in [2.05, 4.69) is 49.7 Å². The van der Waals surface area contributed by atoms with Gasteiger partial charge in [-0.25, -0.2) is 4.98 Å². The first-order chi connectivity index (χ1) is 21.1. The van der Waals surface area contributed by atoms with Crippen LogP contribution in [0.2, 0.25) is 0 Å². The third-order valence-electron chi connectivity index (χ3n) is 7.21. The molecule has 0 saturated carbocycles. The van der Waals surface area contributed by atoms with Crippen molar-refractivity contribution in [3.8, 4) is 11.1 Å². The highest BCUT2D eigenvalue weighted by Crippen LogP contribution is 2.40. The number of nitrogens with one attached hydrogen (secondary N) is 2. The zero-order chi connectivity index (χ0) is 29.4. The third-order valence-corrected chi connectivity index (χ3v) is 8.22. The molecule has 43 heavy (non-hydrogen) atoms. The van der Waals surface area contributed by atoms with Crippen LogP contribution >= 0.6 is 11.8 Å². The lowest BCUT2D eigenvalue weighted by atomic mass is 9.99. The molecule has 5 aromatic rings. The quantitative estimate of drug-likeness (QED) is 0.178. The first kappa shape index (κ1) is 28.8. The minimum absolute atomic E-state index is 0.00113. The van der Waals surface area contributed by atoms with E-state index in [-0.39, 0.29) is 24.7 Å². The average Bonchev–Trinajstić information content (AvgIpc) is 3.61. The van der Waals surface area contributed by atoms with Crippen molar-refractivity contribution in [1.82, 2.24) is 25.5 Å². The van der Waals surface area contributed by atoms with Crippen molar-refractivity contribution in [2.45, 2.75) is 43.2 Å². The smallest absolute Gasteiger partial charge is 0.253 e. The van der Waals surface area contributed by atoms with Crippen molar-refractivity contribution in [2.75, 3.05) is 5.75 Å². The van der Waals surface area contributed by atoms with Gasteiger partial charge in [0.15, 0.2) is 11.4 Å². The summed E-state index contributed by atoms with van der Waals surface area (Å²) in [6, 6.07) is 27.6. The molecule has 3 N–H and O–H groups in total. The van der Waals surface area contributed by atoms with E-state index in [1.807, 2.05) is 48.5 Å². The summed E-state index contributed by atoms with van der Waals surface area (Å²) in [7, 11) is 0. The Balaban J connectivity index is 1.19. The fourth-order valence-corrected chi connectivity index (χ4v) is 5.76. The Hall–Kier alpha value is -4.35. The summed E-state index contributed by atoms with van der Waals surface area (Å²) in [6.45, 7) is 0.399. The molecule has 0 spiro atoms. The van der Waals surface area contributed by atoms with E-state index >= 15 is 0 Å². The number of H-pyrrole nitrogens is 1. The number of aliphatic hydroxyl groups excluding tert-OH is 1. The molecule has 1 fully saturated rings. The fraction of sp³-hybridized carbons (Fsp3) is 0.212. The predicted octanol–water partition coefficient (Wildman–Crippen LogP) is 5.63. The lowest BCUT2D eigenvalue weighted by Crippen LogP contribution is -2.31. The molecule has 10 heteroatoms. The summed E-state index contributed by atoms with van der Waals surface area (Å²) in [5.74, 6) is 0.524. The number of benzene rings is 3. The van der Waals surface area contributed by atoms with Gasteiger partial charge in [-0.1, -0.05) is 72.4 Å². The number of rotatable bonds is 10. The molecule has 3 aromatic carbocycles.